The molecule has 32 heavy (non-hydrogen) atoms. The van der Waals surface area contributed by atoms with Crippen LogP contribution < -0.4 is 4.72 Å². The van der Waals surface area contributed by atoms with Crippen molar-refractivity contribution in [3.05, 3.63) is 107 Å². The number of sulfonamides is 1. The summed E-state index contributed by atoms with van der Waals surface area (Å²) in [7, 11) is -3.32. The summed E-state index contributed by atoms with van der Waals surface area (Å²) >= 11 is 6.29. The van der Waals surface area contributed by atoms with Crippen LogP contribution in [0.1, 0.15) is 36.7 Å². The van der Waals surface area contributed by atoms with E-state index in [4.69, 9.17) is 11.6 Å². The van der Waals surface area contributed by atoms with Gasteiger partial charge in [-0.25, -0.2) is 13.1 Å². The quantitative estimate of drug-likeness (QED) is 0.356. The standard InChI is InChI=1S/C26H27ClN2O2S/c1-19(2)32(30,31)28-16-15-24-18-22-17-23(27)13-14-25(22)29(24)26(20-9-5-3-6-10-20)21-11-7-4-8-12-21/h3-14,17-19,26,28H,15-16H2,1-2H3. The van der Waals surface area contributed by atoms with E-state index in [0.29, 0.717) is 18.0 Å². The molecule has 0 spiro atoms. The van der Waals surface area contributed by atoms with Gasteiger partial charge in [-0.2, -0.15) is 0 Å². The van der Waals surface area contributed by atoms with Crippen LogP contribution in [0, 0.1) is 0 Å². The summed E-state index contributed by atoms with van der Waals surface area (Å²) in [5.41, 5.74) is 4.44. The Morgan fingerprint density at radius 2 is 1.47 bits per heavy atom. The third-order valence-electron chi connectivity index (χ3n) is 5.67. The van der Waals surface area contributed by atoms with E-state index in [-0.39, 0.29) is 6.04 Å². The van der Waals surface area contributed by atoms with E-state index in [1.807, 2.05) is 54.6 Å². The maximum absolute atomic E-state index is 12.3. The maximum atomic E-state index is 12.3. The molecule has 0 bridgehead atoms. The Morgan fingerprint density at radius 1 is 0.875 bits per heavy atom. The number of fused-ring (bicyclic) bond motifs is 1. The first-order valence-electron chi connectivity index (χ1n) is 10.7. The van der Waals surface area contributed by atoms with Gasteiger partial charge in [-0.15, -0.1) is 0 Å². The predicted molar refractivity (Wildman–Crippen MR) is 133 cm³/mol. The highest BCUT2D eigenvalue weighted by Gasteiger charge is 2.22. The van der Waals surface area contributed by atoms with Gasteiger partial charge in [0.25, 0.3) is 0 Å². The summed E-state index contributed by atoms with van der Waals surface area (Å²) in [5, 5.41) is 1.25. The minimum atomic E-state index is -3.32. The smallest absolute Gasteiger partial charge is 0.213 e. The largest absolute Gasteiger partial charge is 0.333 e. The van der Waals surface area contributed by atoms with Crippen LogP contribution in [0.3, 0.4) is 0 Å². The Hall–Kier alpha value is -2.60. The van der Waals surface area contributed by atoms with Crippen LogP contribution >= 0.6 is 11.6 Å². The highest BCUT2D eigenvalue weighted by Crippen LogP contribution is 2.34. The van der Waals surface area contributed by atoms with Crippen LogP contribution in [0.5, 0.6) is 0 Å². The molecule has 0 radical (unpaired) electrons. The average molecular weight is 467 g/mol. The fourth-order valence-electron chi connectivity index (χ4n) is 4.01. The zero-order chi connectivity index (χ0) is 22.7. The zero-order valence-corrected chi connectivity index (χ0v) is 19.8. The molecule has 1 N–H and O–H groups in total. The molecule has 4 aromatic rings. The molecule has 1 aromatic heterocycles. The van der Waals surface area contributed by atoms with Crippen LogP contribution in [0.2, 0.25) is 5.02 Å². The summed E-state index contributed by atoms with van der Waals surface area (Å²) in [4.78, 5) is 0. The van der Waals surface area contributed by atoms with Crippen molar-refractivity contribution in [1.82, 2.24) is 9.29 Å². The Bertz CT molecular complexity index is 1260. The number of nitrogens with one attached hydrogen (secondary N) is 1. The van der Waals surface area contributed by atoms with E-state index < -0.39 is 15.3 Å². The highest BCUT2D eigenvalue weighted by atomic mass is 35.5. The number of hydrogen-bond acceptors (Lipinski definition) is 2. The van der Waals surface area contributed by atoms with Crippen molar-refractivity contribution in [1.29, 1.82) is 0 Å². The van der Waals surface area contributed by atoms with Crippen LogP contribution in [-0.4, -0.2) is 24.8 Å². The van der Waals surface area contributed by atoms with E-state index in [2.05, 4.69) is 39.6 Å². The van der Waals surface area contributed by atoms with Gasteiger partial charge in [-0.05, 0) is 49.2 Å². The van der Waals surface area contributed by atoms with Gasteiger partial charge >= 0.3 is 0 Å². The SMILES string of the molecule is CC(C)S(=O)(=O)NCCc1cc2cc(Cl)ccc2n1C(c1ccccc1)c1ccccc1. The molecule has 0 aliphatic heterocycles. The first kappa shape index (κ1) is 22.6. The molecule has 6 heteroatoms. The number of aromatic nitrogens is 1. The lowest BCUT2D eigenvalue weighted by Crippen LogP contribution is -2.32. The molecule has 0 aliphatic rings. The number of nitrogens with zero attached hydrogens (tertiary/aromatic N) is 1. The molecule has 0 atom stereocenters. The highest BCUT2D eigenvalue weighted by molar-refractivity contribution is 7.90. The molecule has 3 aromatic carbocycles. The second-order valence-electron chi connectivity index (χ2n) is 8.17. The normalized spacial score (nSPS) is 12.2. The molecule has 0 unspecified atom stereocenters. The molecule has 1 heterocycles. The minimum Gasteiger partial charge on any atom is -0.333 e. The molecule has 0 amide bonds. The lowest BCUT2D eigenvalue weighted by Gasteiger charge is -2.24. The molecule has 0 aliphatic carbocycles. The number of rotatable bonds is 8. The van der Waals surface area contributed by atoms with E-state index in [1.54, 1.807) is 13.8 Å². The lowest BCUT2D eigenvalue weighted by molar-refractivity contribution is 0.570. The summed E-state index contributed by atoms with van der Waals surface area (Å²) in [6.45, 7) is 3.70. The number of hydrogen-bond donors (Lipinski definition) is 1. The summed E-state index contributed by atoms with van der Waals surface area (Å²) in [6, 6.07) is 28.7. The van der Waals surface area contributed by atoms with Crippen molar-refractivity contribution < 1.29 is 8.42 Å². The number of benzene rings is 3. The zero-order valence-electron chi connectivity index (χ0n) is 18.2. The molecule has 0 saturated carbocycles. The fraction of sp³-hybridized carbons (Fsp3) is 0.231. The van der Waals surface area contributed by atoms with Crippen molar-refractivity contribution in [3.63, 3.8) is 0 Å². The first-order valence-corrected chi connectivity index (χ1v) is 12.7. The van der Waals surface area contributed by atoms with Gasteiger partial charge in [0.05, 0.1) is 11.3 Å². The lowest BCUT2D eigenvalue weighted by atomic mass is 9.98. The van der Waals surface area contributed by atoms with Crippen molar-refractivity contribution in [2.45, 2.75) is 31.6 Å². The molecular formula is C26H27ClN2O2S. The van der Waals surface area contributed by atoms with Crippen LogP contribution in [0.15, 0.2) is 84.9 Å². The molecule has 4 nitrogen and oxygen atoms in total. The molecule has 0 fully saturated rings. The van der Waals surface area contributed by atoms with Crippen LogP contribution in [-0.2, 0) is 16.4 Å². The van der Waals surface area contributed by atoms with Crippen molar-refractivity contribution >= 4 is 32.5 Å². The van der Waals surface area contributed by atoms with E-state index in [9.17, 15) is 8.42 Å². The summed E-state index contributed by atoms with van der Waals surface area (Å²) in [5.74, 6) is 0. The Kier molecular flexibility index (Phi) is 6.70. The van der Waals surface area contributed by atoms with E-state index in [0.717, 1.165) is 27.7 Å². The number of halogens is 1. The van der Waals surface area contributed by atoms with Gasteiger partial charge in [0.15, 0.2) is 0 Å². The molecule has 4 rings (SSSR count). The Morgan fingerprint density at radius 3 is 2.03 bits per heavy atom. The summed E-state index contributed by atoms with van der Waals surface area (Å²) in [6.07, 6.45) is 0.564. The Balaban J connectivity index is 1.84. The van der Waals surface area contributed by atoms with Crippen molar-refractivity contribution in [3.8, 4) is 0 Å². The molecular weight excluding hydrogens is 440 g/mol. The van der Waals surface area contributed by atoms with Gasteiger partial charge in [0.1, 0.15) is 0 Å². The molecule has 166 valence electrons. The van der Waals surface area contributed by atoms with Crippen molar-refractivity contribution in [2.24, 2.45) is 0 Å². The van der Waals surface area contributed by atoms with Gasteiger partial charge in [-0.1, -0.05) is 72.3 Å². The maximum Gasteiger partial charge on any atom is 0.213 e. The van der Waals surface area contributed by atoms with Gasteiger partial charge in [-0.3, -0.25) is 0 Å². The minimum absolute atomic E-state index is 0.0484. The monoisotopic (exact) mass is 466 g/mol. The topological polar surface area (TPSA) is 51.1 Å². The van der Waals surface area contributed by atoms with E-state index >= 15 is 0 Å². The third-order valence-corrected chi connectivity index (χ3v) is 7.76. The molecule has 0 saturated heterocycles. The second kappa shape index (κ2) is 9.49. The Labute approximate surface area is 194 Å². The first-order chi connectivity index (χ1) is 15.4. The van der Waals surface area contributed by atoms with Gasteiger partial charge in [0.2, 0.25) is 10.0 Å². The average Bonchev–Trinajstić information content (AvgIpc) is 3.12. The summed E-state index contributed by atoms with van der Waals surface area (Å²) < 4.78 is 29.6. The van der Waals surface area contributed by atoms with Crippen LogP contribution in [0.4, 0.5) is 0 Å². The second-order valence-corrected chi connectivity index (χ2v) is 10.9. The fourth-order valence-corrected chi connectivity index (χ4v) is 4.91. The predicted octanol–water partition coefficient (Wildman–Crippen LogP) is 5.80. The van der Waals surface area contributed by atoms with E-state index in [1.165, 1.54) is 0 Å². The van der Waals surface area contributed by atoms with Gasteiger partial charge in [0, 0.05) is 34.6 Å². The van der Waals surface area contributed by atoms with Gasteiger partial charge < -0.3 is 4.57 Å². The van der Waals surface area contributed by atoms with Crippen molar-refractivity contribution in [2.75, 3.05) is 6.54 Å². The van der Waals surface area contributed by atoms with Crippen LogP contribution in [0.25, 0.3) is 10.9 Å². The third kappa shape index (κ3) is 4.75.